The number of aryl methyl sites for hydroxylation is 1. The van der Waals surface area contributed by atoms with Crippen LogP contribution in [0.25, 0.3) is 0 Å². The van der Waals surface area contributed by atoms with E-state index in [4.69, 9.17) is 11.6 Å². The number of nitrogens with one attached hydrogen (secondary N) is 1. The molecule has 0 saturated heterocycles. The maximum absolute atomic E-state index is 13.9. The first kappa shape index (κ1) is 13.5. The van der Waals surface area contributed by atoms with Crippen LogP contribution >= 0.6 is 22.9 Å². The quantitative estimate of drug-likeness (QED) is 0.856. The van der Waals surface area contributed by atoms with Crippen LogP contribution in [0.15, 0.2) is 35.7 Å². The minimum atomic E-state index is -0.315. The van der Waals surface area contributed by atoms with E-state index in [9.17, 15) is 4.39 Å². The van der Waals surface area contributed by atoms with Gasteiger partial charge in [0.15, 0.2) is 0 Å². The summed E-state index contributed by atoms with van der Waals surface area (Å²) in [4.78, 5) is 1.32. The fourth-order valence-electron chi connectivity index (χ4n) is 1.99. The molecule has 4 heteroatoms. The molecule has 1 aromatic heterocycles. The summed E-state index contributed by atoms with van der Waals surface area (Å²) in [6, 6.07) is 9.28. The molecule has 0 amide bonds. The average molecular weight is 284 g/mol. The van der Waals surface area contributed by atoms with Crippen LogP contribution in [0.1, 0.15) is 22.9 Å². The van der Waals surface area contributed by atoms with E-state index in [1.807, 2.05) is 13.1 Å². The van der Waals surface area contributed by atoms with Gasteiger partial charge < -0.3 is 5.32 Å². The van der Waals surface area contributed by atoms with Crippen LogP contribution in [0, 0.1) is 5.82 Å². The van der Waals surface area contributed by atoms with Crippen LogP contribution in [0.4, 0.5) is 4.39 Å². The number of thiophene rings is 1. The van der Waals surface area contributed by atoms with Gasteiger partial charge in [-0.1, -0.05) is 29.8 Å². The minimum absolute atomic E-state index is 0.00852. The maximum atomic E-state index is 13.9. The number of hydrogen-bond acceptors (Lipinski definition) is 2. The first-order chi connectivity index (χ1) is 8.72. The normalized spacial score (nSPS) is 12.6. The molecule has 1 heterocycles. The van der Waals surface area contributed by atoms with Gasteiger partial charge in [-0.25, -0.2) is 4.39 Å². The van der Waals surface area contributed by atoms with Gasteiger partial charge >= 0.3 is 0 Å². The minimum Gasteiger partial charge on any atom is -0.313 e. The zero-order valence-electron chi connectivity index (χ0n) is 10.1. The van der Waals surface area contributed by atoms with Crippen molar-refractivity contribution in [3.05, 3.63) is 57.0 Å². The molecule has 1 N–H and O–H groups in total. The van der Waals surface area contributed by atoms with Crippen LogP contribution in [0.2, 0.25) is 5.02 Å². The van der Waals surface area contributed by atoms with Gasteiger partial charge in [-0.15, -0.1) is 11.3 Å². The molecule has 0 bridgehead atoms. The lowest BCUT2D eigenvalue weighted by Crippen LogP contribution is -2.18. The second-order valence-corrected chi connectivity index (χ2v) is 5.54. The van der Waals surface area contributed by atoms with Crippen molar-refractivity contribution in [3.8, 4) is 0 Å². The monoisotopic (exact) mass is 283 g/mol. The Morgan fingerprint density at radius 2 is 2.17 bits per heavy atom. The van der Waals surface area contributed by atoms with Crippen LogP contribution in [-0.4, -0.2) is 7.05 Å². The van der Waals surface area contributed by atoms with Gasteiger partial charge in [0, 0.05) is 16.5 Å². The molecule has 0 radical (unpaired) electrons. The highest BCUT2D eigenvalue weighted by Gasteiger charge is 2.15. The molecule has 96 valence electrons. The highest BCUT2D eigenvalue weighted by atomic mass is 35.5. The molecule has 0 saturated carbocycles. The Morgan fingerprint density at radius 3 is 2.83 bits per heavy atom. The highest BCUT2D eigenvalue weighted by molar-refractivity contribution is 7.09. The third-order valence-electron chi connectivity index (χ3n) is 2.96. The Kier molecular flexibility index (Phi) is 4.75. The summed E-state index contributed by atoms with van der Waals surface area (Å²) >= 11 is 7.54. The lowest BCUT2D eigenvalue weighted by atomic mass is 10.0. The Hall–Kier alpha value is -0.900. The fourth-order valence-corrected chi connectivity index (χ4v) is 2.89. The van der Waals surface area contributed by atoms with Gasteiger partial charge in [0.05, 0.1) is 5.02 Å². The molecule has 2 rings (SSSR count). The van der Waals surface area contributed by atoms with Crippen LogP contribution < -0.4 is 5.32 Å². The number of rotatable bonds is 5. The first-order valence-corrected chi connectivity index (χ1v) is 7.11. The summed E-state index contributed by atoms with van der Waals surface area (Å²) in [5.74, 6) is -0.315. The maximum Gasteiger partial charge on any atom is 0.146 e. The standard InChI is InChI=1S/C14H15ClFNS/c1-17-13(8-7-10-4-3-9-18-10)11-5-2-6-12(15)14(11)16/h2-6,9,13,17H,7-8H2,1H3. The first-order valence-electron chi connectivity index (χ1n) is 5.86. The smallest absolute Gasteiger partial charge is 0.146 e. The number of benzene rings is 1. The van der Waals surface area contributed by atoms with Crippen molar-refractivity contribution in [2.75, 3.05) is 7.05 Å². The molecule has 2 aromatic rings. The predicted octanol–water partition coefficient (Wildman–Crippen LogP) is 4.43. The average Bonchev–Trinajstić information content (AvgIpc) is 2.88. The summed E-state index contributed by atoms with van der Waals surface area (Å²) in [5, 5.41) is 5.40. The molecule has 0 aliphatic heterocycles. The molecule has 1 atom stereocenters. The van der Waals surface area contributed by atoms with E-state index in [-0.39, 0.29) is 16.9 Å². The molecule has 1 aromatic carbocycles. The summed E-state index contributed by atoms with van der Waals surface area (Å²) < 4.78 is 13.9. The lowest BCUT2D eigenvalue weighted by Gasteiger charge is -2.17. The molecule has 0 spiro atoms. The topological polar surface area (TPSA) is 12.0 Å². The van der Waals surface area contributed by atoms with Gasteiger partial charge in [0.2, 0.25) is 0 Å². The van der Waals surface area contributed by atoms with Crippen molar-refractivity contribution in [2.45, 2.75) is 18.9 Å². The molecule has 1 nitrogen and oxygen atoms in total. The summed E-state index contributed by atoms with van der Waals surface area (Å²) in [7, 11) is 1.85. The van der Waals surface area contributed by atoms with Gasteiger partial charge in [-0.3, -0.25) is 0 Å². The fraction of sp³-hybridized carbons (Fsp3) is 0.286. The van der Waals surface area contributed by atoms with E-state index < -0.39 is 0 Å². The Balaban J connectivity index is 2.10. The Morgan fingerprint density at radius 1 is 1.33 bits per heavy atom. The van der Waals surface area contributed by atoms with E-state index in [0.717, 1.165) is 12.8 Å². The molecule has 18 heavy (non-hydrogen) atoms. The molecule has 1 unspecified atom stereocenters. The molecule has 0 aliphatic rings. The van der Waals surface area contributed by atoms with E-state index in [0.29, 0.717) is 5.56 Å². The SMILES string of the molecule is CNC(CCc1cccs1)c1cccc(Cl)c1F. The van der Waals surface area contributed by atoms with Gasteiger partial charge in [-0.05, 0) is 37.4 Å². The summed E-state index contributed by atoms with van der Waals surface area (Å²) in [5.41, 5.74) is 0.640. The summed E-state index contributed by atoms with van der Waals surface area (Å²) in [6.07, 6.45) is 1.80. The van der Waals surface area contributed by atoms with Crippen LogP contribution in [-0.2, 0) is 6.42 Å². The summed E-state index contributed by atoms with van der Waals surface area (Å²) in [6.45, 7) is 0. The molecule has 0 aliphatic carbocycles. The third kappa shape index (κ3) is 3.10. The number of halogens is 2. The second kappa shape index (κ2) is 6.32. The van der Waals surface area contributed by atoms with Gasteiger partial charge in [0.1, 0.15) is 5.82 Å². The Labute approximate surface area is 116 Å². The second-order valence-electron chi connectivity index (χ2n) is 4.10. The molecule has 0 fully saturated rings. The number of hydrogen-bond donors (Lipinski definition) is 1. The molecular weight excluding hydrogens is 269 g/mol. The van der Waals surface area contributed by atoms with Crippen LogP contribution in [0.5, 0.6) is 0 Å². The third-order valence-corrected chi connectivity index (χ3v) is 4.19. The van der Waals surface area contributed by atoms with Gasteiger partial charge in [-0.2, -0.15) is 0 Å². The van der Waals surface area contributed by atoms with E-state index in [1.165, 1.54) is 4.88 Å². The van der Waals surface area contributed by atoms with Gasteiger partial charge in [0.25, 0.3) is 0 Å². The largest absolute Gasteiger partial charge is 0.313 e. The lowest BCUT2D eigenvalue weighted by molar-refractivity contribution is 0.510. The van der Waals surface area contributed by atoms with Crippen molar-refractivity contribution in [2.24, 2.45) is 0 Å². The predicted molar refractivity (Wildman–Crippen MR) is 75.9 cm³/mol. The van der Waals surface area contributed by atoms with Crippen molar-refractivity contribution in [1.29, 1.82) is 0 Å². The zero-order chi connectivity index (χ0) is 13.0. The van der Waals surface area contributed by atoms with Crippen molar-refractivity contribution < 1.29 is 4.39 Å². The van der Waals surface area contributed by atoms with E-state index in [1.54, 1.807) is 29.5 Å². The van der Waals surface area contributed by atoms with Crippen molar-refractivity contribution >= 4 is 22.9 Å². The Bertz CT molecular complexity index is 499. The van der Waals surface area contributed by atoms with E-state index >= 15 is 0 Å². The van der Waals surface area contributed by atoms with Crippen LogP contribution in [0.3, 0.4) is 0 Å². The molecular formula is C14H15ClFNS. The van der Waals surface area contributed by atoms with Crippen molar-refractivity contribution in [1.82, 2.24) is 5.32 Å². The van der Waals surface area contributed by atoms with Crippen molar-refractivity contribution in [3.63, 3.8) is 0 Å². The van der Waals surface area contributed by atoms with E-state index in [2.05, 4.69) is 16.8 Å². The highest BCUT2D eigenvalue weighted by Crippen LogP contribution is 2.26. The zero-order valence-corrected chi connectivity index (χ0v) is 11.7.